The molecule has 3 heteroatoms. The number of hydrogen-bond acceptors (Lipinski definition) is 3. The summed E-state index contributed by atoms with van der Waals surface area (Å²) in [7, 11) is 0. The highest BCUT2D eigenvalue weighted by Gasteiger charge is 2.52. The number of rotatable bonds is 7. The van der Waals surface area contributed by atoms with Crippen LogP contribution in [0.1, 0.15) is 66.6 Å². The number of fused-ring (bicyclic) bond motifs is 1. The van der Waals surface area contributed by atoms with E-state index in [4.69, 9.17) is 4.74 Å². The lowest BCUT2D eigenvalue weighted by Gasteiger charge is -2.38. The van der Waals surface area contributed by atoms with Gasteiger partial charge in [-0.1, -0.05) is 62.2 Å². The highest BCUT2D eigenvalue weighted by Crippen LogP contribution is 2.50. The third kappa shape index (κ3) is 3.07. The molecule has 0 saturated carbocycles. The quantitative estimate of drug-likeness (QED) is 0.645. The zero-order chi connectivity index (χ0) is 18.7. The van der Waals surface area contributed by atoms with Crippen LogP contribution >= 0.6 is 0 Å². The maximum Gasteiger partial charge on any atom is 0.339 e. The van der Waals surface area contributed by atoms with Crippen molar-refractivity contribution in [1.29, 1.82) is 0 Å². The molecule has 2 aromatic rings. The Bertz CT molecular complexity index is 824. The van der Waals surface area contributed by atoms with E-state index in [0.29, 0.717) is 12.0 Å². The highest BCUT2D eigenvalue weighted by atomic mass is 16.6. The van der Waals surface area contributed by atoms with Gasteiger partial charge in [0.05, 0.1) is 5.56 Å². The molecule has 0 bridgehead atoms. The molecule has 1 aliphatic rings. The zero-order valence-corrected chi connectivity index (χ0v) is 15.7. The molecule has 0 unspecified atom stereocenters. The number of hydrogen-bond donors (Lipinski definition) is 0. The van der Waals surface area contributed by atoms with Crippen molar-refractivity contribution < 1.29 is 14.3 Å². The van der Waals surface area contributed by atoms with Gasteiger partial charge in [-0.05, 0) is 31.9 Å². The average molecular weight is 350 g/mol. The second kappa shape index (κ2) is 7.45. The van der Waals surface area contributed by atoms with Gasteiger partial charge in [0.2, 0.25) is 0 Å². The largest absolute Gasteiger partial charge is 0.445 e. The van der Waals surface area contributed by atoms with Crippen molar-refractivity contribution >= 4 is 11.8 Å². The fraction of sp³-hybridized carbons (Fsp3) is 0.391. The van der Waals surface area contributed by atoms with Crippen LogP contribution < -0.4 is 0 Å². The lowest BCUT2D eigenvalue weighted by atomic mass is 9.71. The Morgan fingerprint density at radius 1 is 1.08 bits per heavy atom. The number of cyclic esters (lactones) is 1. The minimum absolute atomic E-state index is 0.0753. The van der Waals surface area contributed by atoms with E-state index in [1.165, 1.54) is 0 Å². The van der Waals surface area contributed by atoms with Gasteiger partial charge >= 0.3 is 5.97 Å². The molecule has 0 radical (unpaired) electrons. The predicted octanol–water partition coefficient (Wildman–Crippen LogP) is 5.19. The maximum atomic E-state index is 12.7. The molecule has 2 aromatic carbocycles. The van der Waals surface area contributed by atoms with Gasteiger partial charge in [-0.3, -0.25) is 0 Å². The first-order valence-electron chi connectivity index (χ1n) is 9.39. The normalized spacial score (nSPS) is 19.7. The summed E-state index contributed by atoms with van der Waals surface area (Å²) in [5.41, 5.74) is 2.67. The number of aryl methyl sites for hydroxylation is 1. The number of benzene rings is 2. The molecule has 2 atom stereocenters. The summed E-state index contributed by atoms with van der Waals surface area (Å²) in [4.78, 5) is 24.8. The fourth-order valence-electron chi connectivity index (χ4n) is 4.20. The molecule has 136 valence electrons. The minimum Gasteiger partial charge on any atom is -0.445 e. The number of esters is 1. The van der Waals surface area contributed by atoms with Gasteiger partial charge in [-0.25, -0.2) is 4.79 Å². The molecule has 1 heterocycles. The number of carbonyl (C=O) groups excluding carboxylic acids is 2. The van der Waals surface area contributed by atoms with Gasteiger partial charge in [0.25, 0.3) is 0 Å². The Morgan fingerprint density at radius 3 is 2.38 bits per heavy atom. The van der Waals surface area contributed by atoms with Crippen molar-refractivity contribution in [3.63, 3.8) is 0 Å². The summed E-state index contributed by atoms with van der Waals surface area (Å²) in [6, 6.07) is 15.6. The monoisotopic (exact) mass is 350 g/mol. The Morgan fingerprint density at radius 2 is 1.73 bits per heavy atom. The van der Waals surface area contributed by atoms with Crippen molar-refractivity contribution in [2.75, 3.05) is 0 Å². The Hall–Kier alpha value is -2.42. The van der Waals surface area contributed by atoms with Gasteiger partial charge in [0.1, 0.15) is 5.78 Å². The van der Waals surface area contributed by atoms with Crippen LogP contribution in [0.3, 0.4) is 0 Å². The van der Waals surface area contributed by atoms with E-state index in [1.807, 2.05) is 55.5 Å². The molecule has 3 rings (SSSR count). The standard InChI is InChI=1S/C23H26O3/c1-4-5-11-18(15-17(3)24)23(20-13-8-6-10-16(20)2)21-14-9-7-12-19(21)22(25)26-23/h6-10,12-14,18H,4-5,11,15H2,1-3H3/t18-,23-/m1/s1. The van der Waals surface area contributed by atoms with E-state index < -0.39 is 5.60 Å². The van der Waals surface area contributed by atoms with Crippen LogP contribution in [0.25, 0.3) is 0 Å². The molecule has 0 spiro atoms. The third-order valence-corrected chi connectivity index (χ3v) is 5.36. The molecule has 0 amide bonds. The van der Waals surface area contributed by atoms with Gasteiger partial charge < -0.3 is 9.53 Å². The predicted molar refractivity (Wildman–Crippen MR) is 102 cm³/mol. The maximum absolute atomic E-state index is 12.7. The molecule has 0 aliphatic carbocycles. The van der Waals surface area contributed by atoms with E-state index in [1.54, 1.807) is 6.92 Å². The van der Waals surface area contributed by atoms with Crippen molar-refractivity contribution in [2.45, 2.75) is 52.1 Å². The summed E-state index contributed by atoms with van der Waals surface area (Å²) in [6.45, 7) is 5.80. The average Bonchev–Trinajstić information content (AvgIpc) is 2.93. The molecule has 1 aliphatic heterocycles. The number of ketones is 1. The van der Waals surface area contributed by atoms with E-state index in [0.717, 1.165) is 36.0 Å². The first-order valence-corrected chi connectivity index (χ1v) is 9.39. The number of ether oxygens (including phenoxy) is 1. The van der Waals surface area contributed by atoms with Crippen molar-refractivity contribution in [2.24, 2.45) is 5.92 Å². The SMILES string of the molecule is CCCC[C@H](CC(C)=O)[C@]1(c2ccccc2C)OC(=O)c2ccccc21. The van der Waals surface area contributed by atoms with Gasteiger partial charge in [0, 0.05) is 23.5 Å². The molecule has 0 fully saturated rings. The first-order chi connectivity index (χ1) is 12.5. The highest BCUT2D eigenvalue weighted by molar-refractivity contribution is 5.95. The molecule has 0 N–H and O–H groups in total. The Kier molecular flexibility index (Phi) is 5.26. The van der Waals surface area contributed by atoms with Crippen LogP contribution in [0, 0.1) is 12.8 Å². The van der Waals surface area contributed by atoms with Crippen molar-refractivity contribution in [1.82, 2.24) is 0 Å². The Balaban J connectivity index is 2.25. The second-order valence-corrected chi connectivity index (χ2v) is 7.23. The molecular formula is C23H26O3. The van der Waals surface area contributed by atoms with E-state index in [9.17, 15) is 9.59 Å². The van der Waals surface area contributed by atoms with Crippen LogP contribution in [-0.2, 0) is 15.1 Å². The molecule has 26 heavy (non-hydrogen) atoms. The van der Waals surface area contributed by atoms with Crippen LogP contribution in [0.2, 0.25) is 0 Å². The lowest BCUT2D eigenvalue weighted by molar-refractivity contribution is -0.120. The van der Waals surface area contributed by atoms with Crippen LogP contribution in [-0.4, -0.2) is 11.8 Å². The topological polar surface area (TPSA) is 43.4 Å². The summed E-state index contributed by atoms with van der Waals surface area (Å²) >= 11 is 0. The molecular weight excluding hydrogens is 324 g/mol. The summed E-state index contributed by atoms with van der Waals surface area (Å²) < 4.78 is 6.16. The van der Waals surface area contributed by atoms with E-state index in [2.05, 4.69) is 6.92 Å². The second-order valence-electron chi connectivity index (χ2n) is 7.23. The number of Topliss-reactive ketones (excluding diaryl/α,β-unsaturated/α-hetero) is 1. The minimum atomic E-state index is -0.889. The molecule has 3 nitrogen and oxygen atoms in total. The molecule has 0 aromatic heterocycles. The zero-order valence-electron chi connectivity index (χ0n) is 15.7. The fourth-order valence-corrected chi connectivity index (χ4v) is 4.20. The van der Waals surface area contributed by atoms with E-state index in [-0.39, 0.29) is 17.7 Å². The van der Waals surface area contributed by atoms with Crippen molar-refractivity contribution in [3.8, 4) is 0 Å². The van der Waals surface area contributed by atoms with Crippen LogP contribution in [0.15, 0.2) is 48.5 Å². The summed E-state index contributed by atoms with van der Waals surface area (Å²) in [6.07, 6.45) is 3.27. The third-order valence-electron chi connectivity index (χ3n) is 5.36. The van der Waals surface area contributed by atoms with Crippen LogP contribution in [0.5, 0.6) is 0 Å². The van der Waals surface area contributed by atoms with Gasteiger partial charge in [-0.15, -0.1) is 0 Å². The Labute approximate surface area is 155 Å². The summed E-state index contributed by atoms with van der Waals surface area (Å²) in [5.74, 6) is -0.248. The smallest absolute Gasteiger partial charge is 0.339 e. The van der Waals surface area contributed by atoms with Gasteiger partial charge in [-0.2, -0.15) is 0 Å². The van der Waals surface area contributed by atoms with E-state index >= 15 is 0 Å². The van der Waals surface area contributed by atoms with Gasteiger partial charge in [0.15, 0.2) is 5.60 Å². The number of unbranched alkanes of at least 4 members (excludes halogenated alkanes) is 1. The first kappa shape index (κ1) is 18.4. The summed E-state index contributed by atoms with van der Waals surface area (Å²) in [5, 5.41) is 0. The lowest BCUT2D eigenvalue weighted by Crippen LogP contribution is -2.38. The van der Waals surface area contributed by atoms with Crippen molar-refractivity contribution in [3.05, 3.63) is 70.8 Å². The number of carbonyl (C=O) groups is 2. The van der Waals surface area contributed by atoms with Crippen LogP contribution in [0.4, 0.5) is 0 Å². The molecule has 0 saturated heterocycles.